The minimum absolute atomic E-state index is 0.112. The van der Waals surface area contributed by atoms with Crippen molar-refractivity contribution in [3.8, 4) is 0 Å². The molecule has 102 valence electrons. The monoisotopic (exact) mass is 251 g/mol. The van der Waals surface area contributed by atoms with Gasteiger partial charge in [0.25, 0.3) is 0 Å². The molecule has 0 aliphatic carbocycles. The van der Waals surface area contributed by atoms with Gasteiger partial charge in [-0.3, -0.25) is 0 Å². The zero-order valence-corrected chi connectivity index (χ0v) is 12.3. The van der Waals surface area contributed by atoms with Gasteiger partial charge in [-0.05, 0) is 48.4 Å². The maximum Gasteiger partial charge on any atom is 0.126 e. The fourth-order valence-corrected chi connectivity index (χ4v) is 2.37. The molecule has 18 heavy (non-hydrogen) atoms. The Bertz CT molecular complexity index is 363. The smallest absolute Gasteiger partial charge is 0.126 e. The van der Waals surface area contributed by atoms with E-state index < -0.39 is 0 Å². The summed E-state index contributed by atoms with van der Waals surface area (Å²) in [7, 11) is 0. The topological polar surface area (TPSA) is 12.0 Å². The maximum absolute atomic E-state index is 13.4. The molecule has 1 nitrogen and oxygen atoms in total. The molecule has 0 aliphatic heterocycles. The molecule has 0 saturated carbocycles. The number of hydrogen-bond donors (Lipinski definition) is 1. The van der Waals surface area contributed by atoms with Gasteiger partial charge >= 0.3 is 0 Å². The summed E-state index contributed by atoms with van der Waals surface area (Å²) in [4.78, 5) is 0. The van der Waals surface area contributed by atoms with Crippen LogP contribution in [-0.4, -0.2) is 6.54 Å². The van der Waals surface area contributed by atoms with E-state index in [2.05, 4.69) is 33.0 Å². The van der Waals surface area contributed by atoms with Gasteiger partial charge in [-0.2, -0.15) is 0 Å². The number of hydrogen-bond acceptors (Lipinski definition) is 1. The first-order chi connectivity index (χ1) is 8.41. The van der Waals surface area contributed by atoms with Gasteiger partial charge in [0, 0.05) is 6.54 Å². The Hall–Kier alpha value is -0.890. The molecule has 1 rings (SSSR count). The molecule has 0 aliphatic rings. The fourth-order valence-electron chi connectivity index (χ4n) is 2.37. The molecule has 0 unspecified atom stereocenters. The van der Waals surface area contributed by atoms with Crippen molar-refractivity contribution in [2.75, 3.05) is 6.54 Å². The van der Waals surface area contributed by atoms with Crippen LogP contribution in [0.25, 0.3) is 0 Å². The molecule has 0 saturated heterocycles. The molecular weight excluding hydrogens is 225 g/mol. The van der Waals surface area contributed by atoms with Gasteiger partial charge < -0.3 is 5.32 Å². The minimum atomic E-state index is -0.112. The second kappa shape index (κ2) is 6.89. The summed E-state index contributed by atoms with van der Waals surface area (Å²) >= 11 is 0. The first kappa shape index (κ1) is 15.2. The minimum Gasteiger partial charge on any atom is -0.312 e. The number of benzene rings is 1. The predicted molar refractivity (Wildman–Crippen MR) is 76.0 cm³/mol. The molecule has 0 fully saturated rings. The second-order valence-corrected chi connectivity index (χ2v) is 5.87. The fraction of sp³-hybridized carbons (Fsp3) is 0.625. The van der Waals surface area contributed by atoms with E-state index in [4.69, 9.17) is 0 Å². The normalized spacial score (nSPS) is 11.8. The van der Waals surface area contributed by atoms with E-state index in [0.717, 1.165) is 18.7 Å². The Kier molecular flexibility index (Phi) is 5.80. The van der Waals surface area contributed by atoms with Crippen LogP contribution in [-0.2, 0) is 6.54 Å². The van der Waals surface area contributed by atoms with E-state index >= 15 is 0 Å². The average molecular weight is 251 g/mol. The van der Waals surface area contributed by atoms with Crippen LogP contribution in [0.1, 0.15) is 38.8 Å². The molecule has 0 radical (unpaired) electrons. The summed E-state index contributed by atoms with van der Waals surface area (Å²) in [6, 6.07) is 5.46. The Morgan fingerprint density at radius 2 is 1.72 bits per heavy atom. The van der Waals surface area contributed by atoms with Crippen molar-refractivity contribution in [2.24, 2.45) is 17.8 Å². The van der Waals surface area contributed by atoms with Gasteiger partial charge in [0.05, 0.1) is 0 Å². The Balaban J connectivity index is 2.47. The Morgan fingerprint density at radius 1 is 1.11 bits per heavy atom. The van der Waals surface area contributed by atoms with Crippen molar-refractivity contribution in [2.45, 2.75) is 41.2 Å². The number of halogens is 1. The SMILES string of the molecule is Cc1ccc(CNCC(C(C)C)C(C)C)cc1F. The molecule has 0 aromatic heterocycles. The molecule has 0 spiro atoms. The van der Waals surface area contributed by atoms with E-state index in [1.807, 2.05) is 12.1 Å². The van der Waals surface area contributed by atoms with E-state index in [9.17, 15) is 4.39 Å². The maximum atomic E-state index is 13.4. The third-order valence-electron chi connectivity index (χ3n) is 3.66. The Labute approximate surface area is 111 Å². The summed E-state index contributed by atoms with van der Waals surface area (Å²) < 4.78 is 13.4. The van der Waals surface area contributed by atoms with Crippen molar-refractivity contribution in [3.05, 3.63) is 35.1 Å². The summed E-state index contributed by atoms with van der Waals surface area (Å²) in [5, 5.41) is 3.44. The van der Waals surface area contributed by atoms with E-state index in [0.29, 0.717) is 23.3 Å². The molecule has 0 atom stereocenters. The molecule has 1 aromatic carbocycles. The highest BCUT2D eigenvalue weighted by atomic mass is 19.1. The molecule has 0 amide bonds. The standard InChI is InChI=1S/C16H26FN/c1-11(2)15(12(3)4)10-18-9-14-7-6-13(5)16(17)8-14/h6-8,11-12,15,18H,9-10H2,1-5H3. The quantitative estimate of drug-likeness (QED) is 0.801. The lowest BCUT2D eigenvalue weighted by Crippen LogP contribution is -2.29. The van der Waals surface area contributed by atoms with E-state index in [1.54, 1.807) is 13.0 Å². The zero-order chi connectivity index (χ0) is 13.7. The summed E-state index contributed by atoms with van der Waals surface area (Å²) in [5.41, 5.74) is 1.73. The summed E-state index contributed by atoms with van der Waals surface area (Å²) in [5.74, 6) is 1.90. The summed E-state index contributed by atoms with van der Waals surface area (Å²) in [6.07, 6.45) is 0. The van der Waals surface area contributed by atoms with Crippen molar-refractivity contribution in [3.63, 3.8) is 0 Å². The van der Waals surface area contributed by atoms with Crippen molar-refractivity contribution in [1.82, 2.24) is 5.32 Å². The number of rotatable bonds is 6. The average Bonchev–Trinajstić information content (AvgIpc) is 2.28. The molecule has 1 aromatic rings. The summed E-state index contributed by atoms with van der Waals surface area (Å²) in [6.45, 7) is 12.6. The van der Waals surface area contributed by atoms with Gasteiger partial charge in [-0.25, -0.2) is 4.39 Å². The van der Waals surface area contributed by atoms with Gasteiger partial charge in [-0.1, -0.05) is 39.8 Å². The highest BCUT2D eigenvalue weighted by Gasteiger charge is 2.16. The highest BCUT2D eigenvalue weighted by Crippen LogP contribution is 2.19. The van der Waals surface area contributed by atoms with Crippen LogP contribution in [0.5, 0.6) is 0 Å². The van der Waals surface area contributed by atoms with Gasteiger partial charge in [0.2, 0.25) is 0 Å². The van der Waals surface area contributed by atoms with Crippen molar-refractivity contribution in [1.29, 1.82) is 0 Å². The predicted octanol–water partition coefficient (Wildman–Crippen LogP) is 4.15. The van der Waals surface area contributed by atoms with Crippen LogP contribution < -0.4 is 5.32 Å². The zero-order valence-electron chi connectivity index (χ0n) is 12.3. The number of nitrogens with one attached hydrogen (secondary N) is 1. The van der Waals surface area contributed by atoms with Crippen LogP contribution in [0.15, 0.2) is 18.2 Å². The van der Waals surface area contributed by atoms with Gasteiger partial charge in [0.15, 0.2) is 0 Å². The van der Waals surface area contributed by atoms with Crippen molar-refractivity contribution >= 4 is 0 Å². The first-order valence-electron chi connectivity index (χ1n) is 6.87. The Morgan fingerprint density at radius 3 is 2.22 bits per heavy atom. The lowest BCUT2D eigenvalue weighted by Gasteiger charge is -2.25. The second-order valence-electron chi connectivity index (χ2n) is 5.87. The van der Waals surface area contributed by atoms with Crippen LogP contribution in [0.3, 0.4) is 0 Å². The van der Waals surface area contributed by atoms with Crippen molar-refractivity contribution < 1.29 is 4.39 Å². The molecular formula is C16H26FN. The van der Waals surface area contributed by atoms with E-state index in [1.165, 1.54) is 0 Å². The van der Waals surface area contributed by atoms with Gasteiger partial charge in [0.1, 0.15) is 5.82 Å². The third kappa shape index (κ3) is 4.41. The lowest BCUT2D eigenvalue weighted by molar-refractivity contribution is 0.275. The largest absolute Gasteiger partial charge is 0.312 e. The first-order valence-corrected chi connectivity index (χ1v) is 6.87. The van der Waals surface area contributed by atoms with Crippen LogP contribution in [0.2, 0.25) is 0 Å². The molecule has 2 heteroatoms. The molecule has 0 bridgehead atoms. The van der Waals surface area contributed by atoms with E-state index in [-0.39, 0.29) is 5.82 Å². The van der Waals surface area contributed by atoms with Crippen LogP contribution >= 0.6 is 0 Å². The highest BCUT2D eigenvalue weighted by molar-refractivity contribution is 5.23. The van der Waals surface area contributed by atoms with Gasteiger partial charge in [-0.15, -0.1) is 0 Å². The molecule has 0 heterocycles. The number of aryl methyl sites for hydroxylation is 1. The van der Waals surface area contributed by atoms with Crippen LogP contribution in [0, 0.1) is 30.5 Å². The third-order valence-corrected chi connectivity index (χ3v) is 3.66. The molecule has 1 N–H and O–H groups in total. The lowest BCUT2D eigenvalue weighted by atomic mass is 9.85. The van der Waals surface area contributed by atoms with Crippen LogP contribution in [0.4, 0.5) is 4.39 Å².